The minimum absolute atomic E-state index is 0.0667. The molecule has 198 valence electrons. The number of nitrogens with zero attached hydrogens (tertiary/aromatic N) is 4. The van der Waals surface area contributed by atoms with Gasteiger partial charge in [-0.05, 0) is 62.6 Å². The summed E-state index contributed by atoms with van der Waals surface area (Å²) in [4.78, 5) is 19.8. The number of hydrogen-bond acceptors (Lipinski definition) is 5. The van der Waals surface area contributed by atoms with Gasteiger partial charge in [-0.25, -0.2) is 13.8 Å². The van der Waals surface area contributed by atoms with E-state index in [4.69, 9.17) is 25.8 Å². The molecule has 1 aliphatic heterocycles. The first kappa shape index (κ1) is 24.9. The van der Waals surface area contributed by atoms with Crippen molar-refractivity contribution in [3.05, 3.63) is 58.7 Å². The number of anilines is 1. The van der Waals surface area contributed by atoms with Gasteiger partial charge in [0.05, 0.1) is 34.9 Å². The van der Waals surface area contributed by atoms with Crippen molar-refractivity contribution in [3.8, 4) is 16.9 Å². The third kappa shape index (κ3) is 4.04. The van der Waals surface area contributed by atoms with Gasteiger partial charge in [-0.2, -0.15) is 0 Å². The Hall–Kier alpha value is -3.46. The van der Waals surface area contributed by atoms with Crippen LogP contribution in [0.15, 0.2) is 40.9 Å². The van der Waals surface area contributed by atoms with E-state index in [1.165, 1.54) is 7.11 Å². The van der Waals surface area contributed by atoms with E-state index in [9.17, 15) is 13.6 Å². The molecule has 0 N–H and O–H groups in total. The summed E-state index contributed by atoms with van der Waals surface area (Å²) < 4.78 is 41.4. The van der Waals surface area contributed by atoms with Crippen LogP contribution in [0.5, 0.6) is 5.75 Å². The summed E-state index contributed by atoms with van der Waals surface area (Å²) in [6.07, 6.45) is 0.752. The Labute approximate surface area is 223 Å². The third-order valence-electron chi connectivity index (χ3n) is 7.71. The highest BCUT2D eigenvalue weighted by Gasteiger charge is 2.44. The third-order valence-corrected chi connectivity index (χ3v) is 8.00. The van der Waals surface area contributed by atoms with E-state index in [0.717, 1.165) is 22.3 Å². The molecular weight excluding hydrogens is 514 g/mol. The zero-order chi connectivity index (χ0) is 26.8. The van der Waals surface area contributed by atoms with Gasteiger partial charge in [0.1, 0.15) is 17.3 Å². The zero-order valence-electron chi connectivity index (χ0n) is 21.3. The second kappa shape index (κ2) is 9.08. The van der Waals surface area contributed by atoms with E-state index in [2.05, 4.69) is 5.16 Å². The standard InChI is InChI=1S/C28H27ClF2N4O3/c1-15-26(16(2)38-33-15)17-4-6-22-21(12-17)32-27(35(22)19-10-11-28(30,31)14-19)23-7-9-25(36)34(23)18-5-8-24(37-3)20(29)13-18/h4-6,8,12-13,19,23H,7,9-11,14H2,1-3H3/t19-,23?/m1/s1. The summed E-state index contributed by atoms with van der Waals surface area (Å²) in [5, 5.41) is 4.45. The second-order valence-electron chi connectivity index (χ2n) is 10.1. The van der Waals surface area contributed by atoms with Gasteiger partial charge in [0.25, 0.3) is 0 Å². The Balaban J connectivity index is 1.50. The molecule has 38 heavy (non-hydrogen) atoms. The lowest BCUT2D eigenvalue weighted by Gasteiger charge is -2.27. The maximum Gasteiger partial charge on any atom is 0.250 e. The number of ether oxygens (including phenoxy) is 1. The van der Waals surface area contributed by atoms with E-state index < -0.39 is 18.0 Å². The summed E-state index contributed by atoms with van der Waals surface area (Å²) in [5.41, 5.74) is 4.62. The SMILES string of the molecule is COc1ccc(N2C(=O)CCC2c2nc3cc(-c4c(C)noc4C)ccc3n2[C@@H]2CCC(F)(F)C2)cc1Cl. The van der Waals surface area contributed by atoms with Crippen molar-refractivity contribution in [1.29, 1.82) is 0 Å². The molecule has 0 bridgehead atoms. The van der Waals surface area contributed by atoms with Crippen molar-refractivity contribution in [2.75, 3.05) is 12.0 Å². The summed E-state index contributed by atoms with van der Waals surface area (Å²) in [7, 11) is 1.53. The van der Waals surface area contributed by atoms with E-state index >= 15 is 0 Å². The minimum Gasteiger partial charge on any atom is -0.495 e. The number of alkyl halides is 2. The quantitative estimate of drug-likeness (QED) is 0.268. The molecule has 2 aliphatic rings. The molecule has 2 fully saturated rings. The van der Waals surface area contributed by atoms with Crippen LogP contribution in [0.2, 0.25) is 5.02 Å². The summed E-state index contributed by atoms with van der Waals surface area (Å²) in [6.45, 7) is 3.73. The summed E-state index contributed by atoms with van der Waals surface area (Å²) in [6, 6.07) is 10.2. The average Bonchev–Trinajstić information content (AvgIpc) is 3.62. The van der Waals surface area contributed by atoms with Gasteiger partial charge in [0.15, 0.2) is 0 Å². The van der Waals surface area contributed by atoms with Crippen LogP contribution in [-0.2, 0) is 4.79 Å². The van der Waals surface area contributed by atoms with E-state index in [1.54, 1.807) is 23.1 Å². The Morgan fingerprint density at radius 3 is 2.63 bits per heavy atom. The monoisotopic (exact) mass is 540 g/mol. The molecule has 1 saturated heterocycles. The number of amides is 1. The summed E-state index contributed by atoms with van der Waals surface area (Å²) in [5.74, 6) is -0.990. The van der Waals surface area contributed by atoms with Crippen molar-refractivity contribution in [1.82, 2.24) is 14.7 Å². The van der Waals surface area contributed by atoms with Crippen molar-refractivity contribution < 1.29 is 22.8 Å². The predicted octanol–water partition coefficient (Wildman–Crippen LogP) is 7.20. The highest BCUT2D eigenvalue weighted by atomic mass is 35.5. The van der Waals surface area contributed by atoms with Gasteiger partial charge in [-0.3, -0.25) is 4.79 Å². The second-order valence-corrected chi connectivity index (χ2v) is 10.5. The fourth-order valence-electron chi connectivity index (χ4n) is 5.99. The number of rotatable bonds is 5. The first-order chi connectivity index (χ1) is 18.2. The maximum atomic E-state index is 14.4. The van der Waals surface area contributed by atoms with Gasteiger partial charge in [-0.15, -0.1) is 0 Å². The highest BCUT2D eigenvalue weighted by molar-refractivity contribution is 6.32. The Bertz CT molecular complexity index is 1540. The molecule has 1 saturated carbocycles. The van der Waals surface area contributed by atoms with Crippen LogP contribution >= 0.6 is 11.6 Å². The number of methoxy groups -OCH3 is 1. The lowest BCUT2D eigenvalue weighted by atomic mass is 10.0. The number of carbonyl (C=O) groups excluding carboxylic acids is 1. The summed E-state index contributed by atoms with van der Waals surface area (Å²) >= 11 is 6.39. The van der Waals surface area contributed by atoms with Crippen LogP contribution in [-0.4, -0.2) is 33.6 Å². The van der Waals surface area contributed by atoms with Crippen LogP contribution in [0.3, 0.4) is 0 Å². The zero-order valence-corrected chi connectivity index (χ0v) is 22.1. The van der Waals surface area contributed by atoms with E-state index in [-0.39, 0.29) is 18.7 Å². The number of aromatic nitrogens is 3. The van der Waals surface area contributed by atoms with Gasteiger partial charge in [0, 0.05) is 36.6 Å². The molecule has 4 aromatic rings. The molecule has 10 heteroatoms. The number of aryl methyl sites for hydroxylation is 2. The van der Waals surface area contributed by atoms with Crippen LogP contribution in [0, 0.1) is 13.8 Å². The molecule has 2 atom stereocenters. The molecule has 1 unspecified atom stereocenters. The largest absolute Gasteiger partial charge is 0.495 e. The smallest absolute Gasteiger partial charge is 0.250 e. The highest BCUT2D eigenvalue weighted by Crippen LogP contribution is 2.47. The molecule has 3 heterocycles. The van der Waals surface area contributed by atoms with Crippen LogP contribution < -0.4 is 9.64 Å². The van der Waals surface area contributed by atoms with Gasteiger partial charge in [-0.1, -0.05) is 22.8 Å². The molecule has 0 spiro atoms. The Morgan fingerprint density at radius 1 is 1.16 bits per heavy atom. The van der Waals surface area contributed by atoms with Crippen LogP contribution in [0.25, 0.3) is 22.2 Å². The Morgan fingerprint density at radius 2 is 1.97 bits per heavy atom. The lowest BCUT2D eigenvalue weighted by molar-refractivity contribution is -0.117. The van der Waals surface area contributed by atoms with Crippen molar-refractivity contribution in [2.45, 2.75) is 64.0 Å². The maximum absolute atomic E-state index is 14.4. The normalized spacial score (nSPS) is 21.1. The number of benzene rings is 2. The van der Waals surface area contributed by atoms with Crippen LogP contribution in [0.1, 0.15) is 61.5 Å². The minimum atomic E-state index is -2.73. The fourth-order valence-corrected chi connectivity index (χ4v) is 6.24. The molecule has 2 aromatic carbocycles. The number of carbonyl (C=O) groups is 1. The van der Waals surface area contributed by atoms with E-state index in [0.29, 0.717) is 52.8 Å². The average molecular weight is 541 g/mol. The Kier molecular flexibility index (Phi) is 5.94. The number of imidazole rings is 1. The molecular formula is C28H27ClF2N4O3. The molecule has 2 aromatic heterocycles. The van der Waals surface area contributed by atoms with E-state index in [1.807, 2.05) is 36.6 Å². The molecule has 1 aliphatic carbocycles. The fraction of sp³-hybridized carbons (Fsp3) is 0.393. The first-order valence-electron chi connectivity index (χ1n) is 12.7. The van der Waals surface area contributed by atoms with Gasteiger partial charge < -0.3 is 18.7 Å². The van der Waals surface area contributed by atoms with Crippen LogP contribution in [0.4, 0.5) is 14.5 Å². The van der Waals surface area contributed by atoms with Gasteiger partial charge in [0.2, 0.25) is 11.8 Å². The van der Waals surface area contributed by atoms with Crippen molar-refractivity contribution >= 4 is 34.2 Å². The van der Waals surface area contributed by atoms with Crippen molar-refractivity contribution in [2.24, 2.45) is 0 Å². The van der Waals surface area contributed by atoms with Gasteiger partial charge >= 0.3 is 0 Å². The molecule has 7 nitrogen and oxygen atoms in total. The lowest BCUT2D eigenvalue weighted by Crippen LogP contribution is -2.30. The molecule has 1 amide bonds. The first-order valence-corrected chi connectivity index (χ1v) is 13.0. The predicted molar refractivity (Wildman–Crippen MR) is 140 cm³/mol. The topological polar surface area (TPSA) is 73.4 Å². The number of fused-ring (bicyclic) bond motifs is 1. The number of hydrogen-bond donors (Lipinski definition) is 0. The molecule has 0 radical (unpaired) electrons. The number of halogens is 3. The molecule has 6 rings (SSSR count). The van der Waals surface area contributed by atoms with Crippen molar-refractivity contribution in [3.63, 3.8) is 0 Å².